The van der Waals surface area contributed by atoms with Gasteiger partial charge in [-0.3, -0.25) is 4.79 Å². The van der Waals surface area contributed by atoms with Crippen LogP contribution in [0.2, 0.25) is 0 Å². The van der Waals surface area contributed by atoms with Gasteiger partial charge in [-0.2, -0.15) is 13.2 Å². The Kier molecular flexibility index (Phi) is 7.85. The molecule has 0 aliphatic carbocycles. The van der Waals surface area contributed by atoms with Gasteiger partial charge < -0.3 is 19.6 Å². The molecule has 1 amide bonds. The van der Waals surface area contributed by atoms with E-state index in [1.807, 2.05) is 17.0 Å². The third-order valence-corrected chi connectivity index (χ3v) is 5.41. The lowest BCUT2D eigenvalue weighted by atomic mass is 9.92. The maximum atomic E-state index is 13.1. The number of hydrogen-bond acceptors (Lipinski definition) is 6. The third-order valence-electron chi connectivity index (χ3n) is 5.41. The molecule has 4 rings (SSSR count). The van der Waals surface area contributed by atoms with Crippen LogP contribution in [-0.4, -0.2) is 70.4 Å². The van der Waals surface area contributed by atoms with E-state index in [1.165, 1.54) is 11.1 Å². The Labute approximate surface area is 189 Å². The van der Waals surface area contributed by atoms with Gasteiger partial charge in [-0.1, -0.05) is 29.8 Å². The molecule has 178 valence electrons. The summed E-state index contributed by atoms with van der Waals surface area (Å²) in [5.41, 5.74) is 2.39. The lowest BCUT2D eigenvalue weighted by molar-refractivity contribution is -0.192. The molecule has 1 N–H and O–H groups in total. The smallest absolute Gasteiger partial charge is 0.475 e. The molecule has 2 atom stereocenters. The number of carboxylic acids is 1. The van der Waals surface area contributed by atoms with Crippen LogP contribution in [0.3, 0.4) is 0 Å². The van der Waals surface area contributed by atoms with E-state index >= 15 is 0 Å². The highest BCUT2D eigenvalue weighted by molar-refractivity contribution is 5.80. The second-order valence-electron chi connectivity index (χ2n) is 7.85. The molecule has 2 saturated heterocycles. The molecule has 33 heavy (non-hydrogen) atoms. The van der Waals surface area contributed by atoms with Crippen molar-refractivity contribution in [3.63, 3.8) is 0 Å². The summed E-state index contributed by atoms with van der Waals surface area (Å²) >= 11 is 0. The molecule has 0 saturated carbocycles. The molecular formula is C22H25F3N4O4. The van der Waals surface area contributed by atoms with Gasteiger partial charge >= 0.3 is 12.1 Å². The highest BCUT2D eigenvalue weighted by atomic mass is 19.4. The number of ether oxygens (including phenoxy) is 1. The Hall–Kier alpha value is -3.21. The Bertz CT molecular complexity index is 958. The van der Waals surface area contributed by atoms with Crippen LogP contribution in [0.1, 0.15) is 17.5 Å². The Morgan fingerprint density at radius 1 is 1.21 bits per heavy atom. The van der Waals surface area contributed by atoms with Crippen molar-refractivity contribution in [2.24, 2.45) is 5.92 Å². The summed E-state index contributed by atoms with van der Waals surface area (Å²) in [5, 5.41) is 7.12. The number of aliphatic carboxylic acids is 1. The van der Waals surface area contributed by atoms with Gasteiger partial charge in [-0.05, 0) is 25.0 Å². The monoisotopic (exact) mass is 466 g/mol. The van der Waals surface area contributed by atoms with E-state index in [2.05, 4.69) is 40.0 Å². The van der Waals surface area contributed by atoms with Crippen molar-refractivity contribution < 1.29 is 32.6 Å². The number of piperidine rings is 1. The quantitative estimate of drug-likeness (QED) is 0.743. The van der Waals surface area contributed by atoms with E-state index in [9.17, 15) is 18.0 Å². The molecule has 2 aliphatic heterocycles. The molecule has 0 radical (unpaired) electrons. The van der Waals surface area contributed by atoms with Crippen LogP contribution in [0.5, 0.6) is 0 Å². The zero-order chi connectivity index (χ0) is 24.0. The third kappa shape index (κ3) is 6.64. The SMILES string of the molecule is Cc1cccc(CN2CCO[C@H]3CN(c4ncccn4)CC[C@H]3C2=O)c1.O=C(O)C(F)(F)F. The number of aryl methyl sites for hydroxylation is 1. The molecule has 1 aromatic carbocycles. The first kappa shape index (κ1) is 24.4. The zero-order valence-corrected chi connectivity index (χ0v) is 18.0. The summed E-state index contributed by atoms with van der Waals surface area (Å²) in [6, 6.07) is 10.2. The van der Waals surface area contributed by atoms with Gasteiger partial charge in [0.05, 0.1) is 18.6 Å². The van der Waals surface area contributed by atoms with Gasteiger partial charge in [-0.15, -0.1) is 0 Å². The maximum absolute atomic E-state index is 13.1. The minimum Gasteiger partial charge on any atom is -0.475 e. The van der Waals surface area contributed by atoms with E-state index in [0.29, 0.717) is 32.2 Å². The van der Waals surface area contributed by atoms with Crippen molar-refractivity contribution in [2.45, 2.75) is 32.2 Å². The Morgan fingerprint density at radius 2 is 1.91 bits per heavy atom. The van der Waals surface area contributed by atoms with Gasteiger partial charge in [0.2, 0.25) is 11.9 Å². The number of anilines is 1. The van der Waals surface area contributed by atoms with Crippen molar-refractivity contribution in [3.05, 3.63) is 53.9 Å². The van der Waals surface area contributed by atoms with E-state index in [4.69, 9.17) is 14.6 Å². The molecule has 2 fully saturated rings. The minimum atomic E-state index is -5.08. The van der Waals surface area contributed by atoms with E-state index in [1.54, 1.807) is 12.4 Å². The van der Waals surface area contributed by atoms with Gasteiger partial charge in [0.15, 0.2) is 0 Å². The number of benzene rings is 1. The molecular weight excluding hydrogens is 441 g/mol. The lowest BCUT2D eigenvalue weighted by Gasteiger charge is -2.37. The van der Waals surface area contributed by atoms with Gasteiger partial charge in [0.25, 0.3) is 0 Å². The second-order valence-corrected chi connectivity index (χ2v) is 7.85. The van der Waals surface area contributed by atoms with Crippen molar-refractivity contribution in [3.8, 4) is 0 Å². The predicted octanol–water partition coefficient (Wildman–Crippen LogP) is 2.67. The van der Waals surface area contributed by atoms with Crippen LogP contribution in [0.25, 0.3) is 0 Å². The van der Waals surface area contributed by atoms with Crippen LogP contribution >= 0.6 is 0 Å². The van der Waals surface area contributed by atoms with Crippen molar-refractivity contribution >= 4 is 17.8 Å². The fraction of sp³-hybridized carbons (Fsp3) is 0.455. The number of halogens is 3. The highest BCUT2D eigenvalue weighted by Gasteiger charge is 2.40. The molecule has 0 bridgehead atoms. The number of amides is 1. The molecule has 2 aromatic rings. The number of carboxylic acid groups (broad SMARTS) is 1. The number of rotatable bonds is 3. The fourth-order valence-electron chi connectivity index (χ4n) is 3.85. The Morgan fingerprint density at radius 3 is 2.55 bits per heavy atom. The first-order chi connectivity index (χ1) is 15.6. The second kappa shape index (κ2) is 10.6. The van der Waals surface area contributed by atoms with Crippen LogP contribution < -0.4 is 4.90 Å². The molecule has 3 heterocycles. The summed E-state index contributed by atoms with van der Waals surface area (Å²) in [6.45, 7) is 5.38. The minimum absolute atomic E-state index is 0.0812. The number of carbonyl (C=O) groups is 2. The van der Waals surface area contributed by atoms with Crippen LogP contribution in [-0.2, 0) is 20.9 Å². The van der Waals surface area contributed by atoms with Crippen LogP contribution in [0.15, 0.2) is 42.7 Å². The summed E-state index contributed by atoms with van der Waals surface area (Å²) < 4.78 is 37.8. The Balaban J connectivity index is 0.000000383. The van der Waals surface area contributed by atoms with Crippen LogP contribution in [0.4, 0.5) is 19.1 Å². The van der Waals surface area contributed by atoms with E-state index in [0.717, 1.165) is 13.0 Å². The van der Waals surface area contributed by atoms with Gasteiger partial charge in [0.1, 0.15) is 0 Å². The zero-order valence-electron chi connectivity index (χ0n) is 18.0. The van der Waals surface area contributed by atoms with Crippen molar-refractivity contribution in [1.29, 1.82) is 0 Å². The summed E-state index contributed by atoms with van der Waals surface area (Å²) in [5.74, 6) is -1.92. The number of alkyl halides is 3. The molecule has 11 heteroatoms. The van der Waals surface area contributed by atoms with Gasteiger partial charge in [-0.25, -0.2) is 14.8 Å². The topological polar surface area (TPSA) is 95.9 Å². The number of aromatic nitrogens is 2. The number of nitrogens with zero attached hydrogens (tertiary/aromatic N) is 4. The average molecular weight is 466 g/mol. The maximum Gasteiger partial charge on any atom is 0.490 e. The largest absolute Gasteiger partial charge is 0.490 e. The summed E-state index contributed by atoms with van der Waals surface area (Å²) in [6.07, 6.45) is -0.914. The molecule has 1 aromatic heterocycles. The van der Waals surface area contributed by atoms with Gasteiger partial charge in [0, 0.05) is 38.6 Å². The number of carbonyl (C=O) groups excluding carboxylic acids is 1. The normalized spacial score (nSPS) is 20.9. The predicted molar refractivity (Wildman–Crippen MR) is 112 cm³/mol. The summed E-state index contributed by atoms with van der Waals surface area (Å²) in [7, 11) is 0. The first-order valence-corrected chi connectivity index (χ1v) is 10.4. The van der Waals surface area contributed by atoms with Crippen molar-refractivity contribution in [2.75, 3.05) is 31.1 Å². The van der Waals surface area contributed by atoms with Crippen molar-refractivity contribution in [1.82, 2.24) is 14.9 Å². The molecule has 0 unspecified atom stereocenters. The average Bonchev–Trinajstić information content (AvgIpc) is 2.93. The number of fused-ring (bicyclic) bond motifs is 1. The fourth-order valence-corrected chi connectivity index (χ4v) is 3.85. The van der Waals surface area contributed by atoms with E-state index < -0.39 is 12.1 Å². The highest BCUT2D eigenvalue weighted by Crippen LogP contribution is 2.27. The molecule has 2 aliphatic rings. The number of hydrogen-bond donors (Lipinski definition) is 1. The molecule has 8 nitrogen and oxygen atoms in total. The van der Waals surface area contributed by atoms with Crippen LogP contribution in [0, 0.1) is 12.8 Å². The first-order valence-electron chi connectivity index (χ1n) is 10.4. The van der Waals surface area contributed by atoms with E-state index in [-0.39, 0.29) is 17.9 Å². The standard InChI is InChI=1S/C20H24N4O2.C2HF3O2/c1-15-4-2-5-16(12-15)13-23-10-11-26-18-14-24(9-6-17(18)19(23)25)20-21-7-3-8-22-20;3-2(4,5)1(6)7/h2-5,7-8,12,17-18H,6,9-11,13-14H2,1H3;(H,6,7)/t17-,18+;/m1./s1. The lowest BCUT2D eigenvalue weighted by Crippen LogP contribution is -2.49. The molecule has 0 spiro atoms. The summed E-state index contributed by atoms with van der Waals surface area (Å²) in [4.78, 5) is 34.7.